The summed E-state index contributed by atoms with van der Waals surface area (Å²) in [5, 5.41) is 18.3. The normalized spacial score (nSPS) is 18.2. The van der Waals surface area contributed by atoms with E-state index in [0.717, 1.165) is 30.0 Å². The van der Waals surface area contributed by atoms with Crippen molar-refractivity contribution in [3.05, 3.63) is 55.0 Å². The lowest BCUT2D eigenvalue weighted by molar-refractivity contribution is 0.0371. The number of benzene rings is 1. The highest BCUT2D eigenvalue weighted by Crippen LogP contribution is 2.36. The fourth-order valence-electron chi connectivity index (χ4n) is 4.90. The zero-order chi connectivity index (χ0) is 22.5. The number of nitriles is 1. The first kappa shape index (κ1) is 21.6. The minimum absolute atomic E-state index is 0.127. The Morgan fingerprint density at radius 2 is 1.91 bits per heavy atom. The Balaban J connectivity index is 1.45. The molecule has 1 aliphatic carbocycles. The molecule has 0 N–H and O–H groups in total. The summed E-state index contributed by atoms with van der Waals surface area (Å²) in [6, 6.07) is 14.6. The maximum atomic E-state index is 9.38. The monoisotopic (exact) mass is 443 g/mol. The molecule has 33 heavy (non-hydrogen) atoms. The van der Waals surface area contributed by atoms with Crippen LogP contribution in [-0.4, -0.2) is 51.1 Å². The van der Waals surface area contributed by atoms with Crippen LogP contribution in [0.2, 0.25) is 0 Å². The number of morpholine rings is 1. The van der Waals surface area contributed by atoms with Gasteiger partial charge in [-0.25, -0.2) is 20.0 Å². The first-order valence-corrected chi connectivity index (χ1v) is 11.8. The number of hydrogen-bond donors (Lipinski definition) is 0. The van der Waals surface area contributed by atoms with Crippen LogP contribution in [0, 0.1) is 17.2 Å². The molecule has 1 saturated carbocycles. The lowest BCUT2D eigenvalue weighted by atomic mass is 9.96. The molecule has 1 saturated heterocycles. The summed E-state index contributed by atoms with van der Waals surface area (Å²) in [5.41, 5.74) is 2.78. The lowest BCUT2D eigenvalue weighted by Crippen LogP contribution is -2.47. The van der Waals surface area contributed by atoms with Gasteiger partial charge in [-0.05, 0) is 37.0 Å². The molecule has 8 heteroatoms. The highest BCUT2D eigenvalue weighted by atomic mass is 16.5. The minimum Gasteiger partial charge on any atom is -0.379 e. The van der Waals surface area contributed by atoms with Crippen molar-refractivity contribution in [3.8, 4) is 17.3 Å². The van der Waals surface area contributed by atoms with Crippen LogP contribution in [0.5, 0.6) is 0 Å². The molecular weight excluding hydrogens is 414 g/mol. The minimum atomic E-state index is 0.127. The maximum absolute atomic E-state index is 9.38. The molecule has 5 rings (SSSR count). The molecule has 2 aliphatic rings. The molecule has 3 heterocycles. The van der Waals surface area contributed by atoms with E-state index in [0.29, 0.717) is 31.5 Å². The number of para-hydroxylation sites is 1. The van der Waals surface area contributed by atoms with E-state index in [1.165, 1.54) is 25.7 Å². The summed E-state index contributed by atoms with van der Waals surface area (Å²) >= 11 is 0. The molecule has 1 atom stereocenters. The van der Waals surface area contributed by atoms with Crippen molar-refractivity contribution in [3.63, 3.8) is 0 Å². The summed E-state index contributed by atoms with van der Waals surface area (Å²) in [7, 11) is 0. The predicted octanol–water partition coefficient (Wildman–Crippen LogP) is 4.37. The van der Waals surface area contributed by atoms with Crippen molar-refractivity contribution in [2.24, 2.45) is 5.92 Å². The maximum Gasteiger partial charge on any atom is 0.245 e. The van der Waals surface area contributed by atoms with Crippen molar-refractivity contribution < 1.29 is 4.74 Å². The molecular formula is C25H29N7O. The van der Waals surface area contributed by atoms with Gasteiger partial charge in [-0.3, -0.25) is 4.68 Å². The number of nitrogens with zero attached hydrogens (tertiary/aromatic N) is 7. The average Bonchev–Trinajstić information content (AvgIpc) is 3.57. The van der Waals surface area contributed by atoms with Gasteiger partial charge in [0.15, 0.2) is 0 Å². The first-order valence-electron chi connectivity index (χ1n) is 11.8. The van der Waals surface area contributed by atoms with Crippen molar-refractivity contribution in [1.29, 1.82) is 5.26 Å². The van der Waals surface area contributed by atoms with Gasteiger partial charge in [-0.15, -0.1) is 0 Å². The van der Waals surface area contributed by atoms with Crippen LogP contribution in [-0.2, 0) is 4.74 Å². The predicted molar refractivity (Wildman–Crippen MR) is 125 cm³/mol. The smallest absolute Gasteiger partial charge is 0.245 e. The standard InChI is InChI=1S/C25H29N7O/c26-12-10-24(20-6-4-5-7-20)31-19-21(18-28-31)23-11-13-27-25(29-23)32(22-8-2-1-3-9-22)30-14-16-33-17-15-30/h1-3,8-9,11,13,18-20,24H,4-7,10,14-17H2. The number of hydrogen-bond acceptors (Lipinski definition) is 7. The molecule has 1 aromatic carbocycles. The number of ether oxygens (including phenoxy) is 1. The molecule has 0 amide bonds. The van der Waals surface area contributed by atoms with Crippen molar-refractivity contribution in [2.45, 2.75) is 38.1 Å². The van der Waals surface area contributed by atoms with Crippen LogP contribution >= 0.6 is 0 Å². The van der Waals surface area contributed by atoms with Gasteiger partial charge < -0.3 is 4.74 Å². The van der Waals surface area contributed by atoms with Gasteiger partial charge >= 0.3 is 0 Å². The quantitative estimate of drug-likeness (QED) is 0.536. The largest absolute Gasteiger partial charge is 0.379 e. The number of rotatable bonds is 7. The third-order valence-electron chi connectivity index (χ3n) is 6.58. The Morgan fingerprint density at radius 3 is 2.67 bits per heavy atom. The van der Waals surface area contributed by atoms with E-state index in [4.69, 9.17) is 9.72 Å². The molecule has 8 nitrogen and oxygen atoms in total. The lowest BCUT2D eigenvalue weighted by Gasteiger charge is -2.37. The fraction of sp³-hybridized carbons (Fsp3) is 0.440. The number of hydrazine groups is 1. The van der Waals surface area contributed by atoms with Gasteiger partial charge in [-0.2, -0.15) is 10.4 Å². The van der Waals surface area contributed by atoms with Crippen molar-refractivity contribution in [1.82, 2.24) is 24.8 Å². The van der Waals surface area contributed by atoms with E-state index < -0.39 is 0 Å². The third-order valence-corrected chi connectivity index (χ3v) is 6.58. The molecule has 2 fully saturated rings. The van der Waals surface area contributed by atoms with E-state index in [-0.39, 0.29) is 6.04 Å². The Kier molecular flexibility index (Phi) is 6.61. The molecule has 3 aromatic rings. The average molecular weight is 444 g/mol. The van der Waals surface area contributed by atoms with Crippen LogP contribution < -0.4 is 5.01 Å². The third kappa shape index (κ3) is 4.75. The Bertz CT molecular complexity index is 1080. The van der Waals surface area contributed by atoms with E-state index in [9.17, 15) is 5.26 Å². The Hall–Kier alpha value is -3.28. The SMILES string of the molecule is N#CCC(C1CCCC1)n1cc(-c2ccnc(N(c3ccccc3)N3CCOCC3)n2)cn1. The molecule has 0 spiro atoms. The number of aromatic nitrogens is 4. The zero-order valence-electron chi connectivity index (χ0n) is 18.8. The van der Waals surface area contributed by atoms with Crippen LogP contribution in [0.3, 0.4) is 0 Å². The van der Waals surface area contributed by atoms with Crippen LogP contribution in [0.1, 0.15) is 38.1 Å². The molecule has 1 unspecified atom stereocenters. The van der Waals surface area contributed by atoms with E-state index >= 15 is 0 Å². The highest BCUT2D eigenvalue weighted by Gasteiger charge is 2.27. The van der Waals surface area contributed by atoms with E-state index in [2.05, 4.69) is 38.3 Å². The highest BCUT2D eigenvalue weighted by molar-refractivity contribution is 5.61. The Morgan fingerprint density at radius 1 is 1.12 bits per heavy atom. The summed E-state index contributed by atoms with van der Waals surface area (Å²) in [6.07, 6.45) is 11.0. The van der Waals surface area contributed by atoms with E-state index in [1.54, 1.807) is 6.20 Å². The summed E-state index contributed by atoms with van der Waals surface area (Å²) in [4.78, 5) is 9.54. The molecule has 0 radical (unpaired) electrons. The summed E-state index contributed by atoms with van der Waals surface area (Å²) < 4.78 is 7.54. The summed E-state index contributed by atoms with van der Waals surface area (Å²) in [6.45, 7) is 2.91. The van der Waals surface area contributed by atoms with Crippen molar-refractivity contribution >= 4 is 11.6 Å². The zero-order valence-corrected chi connectivity index (χ0v) is 18.8. The van der Waals surface area contributed by atoms with Gasteiger partial charge in [-0.1, -0.05) is 31.0 Å². The van der Waals surface area contributed by atoms with E-state index in [1.807, 2.05) is 41.3 Å². The van der Waals surface area contributed by atoms with Crippen LogP contribution in [0.4, 0.5) is 11.6 Å². The van der Waals surface area contributed by atoms with Gasteiger partial charge in [0.25, 0.3) is 0 Å². The fourth-order valence-corrected chi connectivity index (χ4v) is 4.90. The topological polar surface area (TPSA) is 83.1 Å². The molecule has 170 valence electrons. The number of anilines is 2. The first-order chi connectivity index (χ1) is 16.3. The Labute approximate surface area is 194 Å². The second-order valence-electron chi connectivity index (χ2n) is 8.64. The second kappa shape index (κ2) is 10.1. The van der Waals surface area contributed by atoms with Gasteiger partial charge in [0.2, 0.25) is 5.95 Å². The molecule has 0 bridgehead atoms. The van der Waals surface area contributed by atoms with Gasteiger partial charge in [0.05, 0.1) is 49.3 Å². The van der Waals surface area contributed by atoms with Crippen LogP contribution in [0.15, 0.2) is 55.0 Å². The molecule has 2 aromatic heterocycles. The second-order valence-corrected chi connectivity index (χ2v) is 8.64. The summed E-state index contributed by atoms with van der Waals surface area (Å²) in [5.74, 6) is 1.14. The van der Waals surface area contributed by atoms with Gasteiger partial charge in [0, 0.05) is 31.0 Å². The van der Waals surface area contributed by atoms with Gasteiger partial charge in [0.1, 0.15) is 0 Å². The van der Waals surface area contributed by atoms with Crippen molar-refractivity contribution in [2.75, 3.05) is 31.3 Å². The van der Waals surface area contributed by atoms with Crippen LogP contribution in [0.25, 0.3) is 11.3 Å². The molecule has 1 aliphatic heterocycles.